The van der Waals surface area contributed by atoms with Crippen LogP contribution in [0.2, 0.25) is 0 Å². The lowest BCUT2D eigenvalue weighted by Gasteiger charge is -2.21. The first-order valence-electron chi connectivity index (χ1n) is 6.00. The predicted molar refractivity (Wildman–Crippen MR) is 71.1 cm³/mol. The predicted octanol–water partition coefficient (Wildman–Crippen LogP) is 2.66. The third kappa shape index (κ3) is 3.63. The van der Waals surface area contributed by atoms with Gasteiger partial charge in [-0.25, -0.2) is 0 Å². The molecule has 2 unspecified atom stereocenters. The highest BCUT2D eigenvalue weighted by molar-refractivity contribution is 5.40. The minimum atomic E-state index is 0.464. The van der Waals surface area contributed by atoms with Crippen molar-refractivity contribution in [2.24, 2.45) is 5.92 Å². The quantitative estimate of drug-likeness (QED) is 0.825. The van der Waals surface area contributed by atoms with Crippen molar-refractivity contribution < 1.29 is 9.47 Å². The Labute approximate surface area is 104 Å². The van der Waals surface area contributed by atoms with Gasteiger partial charge in [-0.2, -0.15) is 0 Å². The lowest BCUT2D eigenvalue weighted by Crippen LogP contribution is -2.20. The van der Waals surface area contributed by atoms with Crippen LogP contribution >= 0.6 is 0 Å². The van der Waals surface area contributed by atoms with E-state index in [9.17, 15) is 0 Å². The van der Waals surface area contributed by atoms with E-state index in [2.05, 4.69) is 31.3 Å². The van der Waals surface area contributed by atoms with Crippen molar-refractivity contribution in [2.45, 2.75) is 19.8 Å². The second-order valence-electron chi connectivity index (χ2n) is 4.47. The molecule has 0 saturated heterocycles. The van der Waals surface area contributed by atoms with E-state index in [0.29, 0.717) is 11.8 Å². The molecule has 0 heterocycles. The van der Waals surface area contributed by atoms with Gasteiger partial charge in [-0.15, -0.1) is 0 Å². The minimum absolute atomic E-state index is 0.464. The fourth-order valence-corrected chi connectivity index (χ4v) is 1.92. The maximum absolute atomic E-state index is 5.29. The average Bonchev–Trinajstić information content (AvgIpc) is 2.37. The van der Waals surface area contributed by atoms with E-state index < -0.39 is 0 Å². The zero-order chi connectivity index (χ0) is 12.8. The van der Waals surface area contributed by atoms with Gasteiger partial charge in [0.15, 0.2) is 0 Å². The summed E-state index contributed by atoms with van der Waals surface area (Å²) in [5.41, 5.74) is 1.25. The molecule has 1 N–H and O–H groups in total. The molecule has 96 valence electrons. The number of rotatable bonds is 6. The van der Waals surface area contributed by atoms with Crippen LogP contribution in [-0.2, 0) is 0 Å². The van der Waals surface area contributed by atoms with Crippen molar-refractivity contribution in [1.29, 1.82) is 0 Å². The van der Waals surface area contributed by atoms with E-state index in [1.165, 1.54) is 5.56 Å². The van der Waals surface area contributed by atoms with Gasteiger partial charge in [0.05, 0.1) is 14.2 Å². The Bertz CT molecular complexity index is 330. The second kappa shape index (κ2) is 6.50. The molecule has 0 bridgehead atoms. The summed E-state index contributed by atoms with van der Waals surface area (Å²) in [7, 11) is 5.34. The van der Waals surface area contributed by atoms with Crippen molar-refractivity contribution in [3.63, 3.8) is 0 Å². The molecule has 1 aromatic rings. The van der Waals surface area contributed by atoms with Crippen molar-refractivity contribution in [3.05, 3.63) is 23.8 Å². The van der Waals surface area contributed by atoms with Crippen LogP contribution in [0.25, 0.3) is 0 Å². The van der Waals surface area contributed by atoms with E-state index >= 15 is 0 Å². The average molecular weight is 237 g/mol. The van der Waals surface area contributed by atoms with Gasteiger partial charge in [0.1, 0.15) is 11.5 Å². The normalized spacial score (nSPS) is 14.2. The maximum atomic E-state index is 5.29. The van der Waals surface area contributed by atoms with E-state index in [1.54, 1.807) is 14.2 Å². The molecular formula is C14H23NO2. The summed E-state index contributed by atoms with van der Waals surface area (Å²) in [6.07, 6.45) is 0. The number of methoxy groups -OCH3 is 2. The summed E-state index contributed by atoms with van der Waals surface area (Å²) in [5, 5.41) is 3.21. The first-order valence-corrected chi connectivity index (χ1v) is 6.00. The molecule has 1 aromatic carbocycles. The lowest BCUT2D eigenvalue weighted by molar-refractivity contribution is 0.390. The molecule has 0 aliphatic rings. The first-order chi connectivity index (χ1) is 8.12. The van der Waals surface area contributed by atoms with Crippen LogP contribution in [0.15, 0.2) is 18.2 Å². The Morgan fingerprint density at radius 3 is 2.00 bits per heavy atom. The van der Waals surface area contributed by atoms with Crippen LogP contribution in [0, 0.1) is 5.92 Å². The Kier molecular flexibility index (Phi) is 5.29. The lowest BCUT2D eigenvalue weighted by atomic mass is 9.88. The maximum Gasteiger partial charge on any atom is 0.122 e. The molecule has 0 fully saturated rings. The SMILES string of the molecule is CNCC(C)C(C)c1cc(OC)cc(OC)c1. The van der Waals surface area contributed by atoms with Crippen LogP contribution in [0.5, 0.6) is 11.5 Å². The van der Waals surface area contributed by atoms with Gasteiger partial charge in [0.25, 0.3) is 0 Å². The molecule has 1 rings (SSSR count). The number of ether oxygens (including phenoxy) is 2. The van der Waals surface area contributed by atoms with Gasteiger partial charge >= 0.3 is 0 Å². The van der Waals surface area contributed by atoms with E-state index in [4.69, 9.17) is 9.47 Å². The van der Waals surface area contributed by atoms with Gasteiger partial charge < -0.3 is 14.8 Å². The van der Waals surface area contributed by atoms with Gasteiger partial charge in [-0.05, 0) is 43.1 Å². The monoisotopic (exact) mass is 237 g/mol. The highest BCUT2D eigenvalue weighted by atomic mass is 16.5. The Morgan fingerprint density at radius 1 is 1.06 bits per heavy atom. The minimum Gasteiger partial charge on any atom is -0.497 e. The Balaban J connectivity index is 2.95. The number of hydrogen-bond acceptors (Lipinski definition) is 3. The molecule has 0 saturated carbocycles. The third-order valence-corrected chi connectivity index (χ3v) is 3.28. The third-order valence-electron chi connectivity index (χ3n) is 3.28. The number of nitrogens with one attached hydrogen (secondary N) is 1. The van der Waals surface area contributed by atoms with E-state index in [-0.39, 0.29) is 0 Å². The zero-order valence-electron chi connectivity index (χ0n) is 11.4. The molecule has 0 aromatic heterocycles. The standard InChI is InChI=1S/C14H23NO2/c1-10(9-15-3)11(2)12-6-13(16-4)8-14(7-12)17-5/h6-8,10-11,15H,9H2,1-5H3. The number of benzene rings is 1. The van der Waals surface area contributed by atoms with Gasteiger partial charge in [-0.3, -0.25) is 0 Å². The van der Waals surface area contributed by atoms with E-state index in [1.807, 2.05) is 13.1 Å². The molecule has 3 nitrogen and oxygen atoms in total. The molecule has 0 spiro atoms. The summed E-state index contributed by atoms with van der Waals surface area (Å²) >= 11 is 0. The van der Waals surface area contributed by atoms with Crippen molar-refractivity contribution in [1.82, 2.24) is 5.32 Å². The van der Waals surface area contributed by atoms with Crippen molar-refractivity contribution >= 4 is 0 Å². The summed E-state index contributed by atoms with van der Waals surface area (Å²) < 4.78 is 10.6. The smallest absolute Gasteiger partial charge is 0.122 e. The molecule has 0 radical (unpaired) electrons. The summed E-state index contributed by atoms with van der Waals surface area (Å²) in [4.78, 5) is 0. The topological polar surface area (TPSA) is 30.5 Å². The fourth-order valence-electron chi connectivity index (χ4n) is 1.92. The van der Waals surface area contributed by atoms with Crippen LogP contribution in [0.3, 0.4) is 0 Å². The summed E-state index contributed by atoms with van der Waals surface area (Å²) in [6.45, 7) is 5.48. The highest BCUT2D eigenvalue weighted by Gasteiger charge is 2.15. The van der Waals surface area contributed by atoms with Gasteiger partial charge in [0.2, 0.25) is 0 Å². The van der Waals surface area contributed by atoms with Crippen LogP contribution < -0.4 is 14.8 Å². The molecule has 2 atom stereocenters. The summed E-state index contributed by atoms with van der Waals surface area (Å²) in [5.74, 6) is 2.73. The van der Waals surface area contributed by atoms with Gasteiger partial charge in [0, 0.05) is 6.07 Å². The highest BCUT2D eigenvalue weighted by Crippen LogP contribution is 2.30. The molecule has 0 aliphatic carbocycles. The van der Waals surface area contributed by atoms with Crippen molar-refractivity contribution in [2.75, 3.05) is 27.8 Å². The first kappa shape index (κ1) is 13.8. The van der Waals surface area contributed by atoms with Crippen molar-refractivity contribution in [3.8, 4) is 11.5 Å². The molecule has 3 heteroatoms. The Morgan fingerprint density at radius 2 is 1.59 bits per heavy atom. The Hall–Kier alpha value is -1.22. The second-order valence-corrected chi connectivity index (χ2v) is 4.47. The van der Waals surface area contributed by atoms with Crippen LogP contribution in [0.4, 0.5) is 0 Å². The molecule has 0 aliphatic heterocycles. The van der Waals surface area contributed by atoms with Crippen LogP contribution in [0.1, 0.15) is 25.3 Å². The summed E-state index contributed by atoms with van der Waals surface area (Å²) in [6, 6.07) is 6.07. The zero-order valence-corrected chi connectivity index (χ0v) is 11.4. The molecule has 0 amide bonds. The van der Waals surface area contributed by atoms with Crippen LogP contribution in [-0.4, -0.2) is 27.8 Å². The largest absolute Gasteiger partial charge is 0.497 e. The fraction of sp³-hybridized carbons (Fsp3) is 0.571. The van der Waals surface area contributed by atoms with E-state index in [0.717, 1.165) is 18.0 Å². The number of hydrogen-bond donors (Lipinski definition) is 1. The molecular weight excluding hydrogens is 214 g/mol. The van der Waals surface area contributed by atoms with Gasteiger partial charge in [-0.1, -0.05) is 13.8 Å². The molecule has 17 heavy (non-hydrogen) atoms.